The number of hydrogen-bond donors (Lipinski definition) is 3. The highest BCUT2D eigenvalue weighted by atomic mass is 16.3. The van der Waals surface area contributed by atoms with Crippen molar-refractivity contribution in [3.8, 4) is 0 Å². The van der Waals surface area contributed by atoms with Crippen molar-refractivity contribution in [3.05, 3.63) is 72.1 Å². The first-order valence-corrected chi connectivity index (χ1v) is 8.07. The van der Waals surface area contributed by atoms with Crippen molar-refractivity contribution in [1.29, 1.82) is 0 Å². The molecular weight excluding hydrogens is 332 g/mol. The van der Waals surface area contributed by atoms with Crippen molar-refractivity contribution < 1.29 is 9.21 Å². The molecule has 0 aliphatic rings. The van der Waals surface area contributed by atoms with Gasteiger partial charge in [-0.05, 0) is 29.8 Å². The Bertz CT molecular complexity index is 1030. The fraction of sp³-hybridized carbons (Fsp3) is 0.111. The van der Waals surface area contributed by atoms with Crippen LogP contribution in [-0.2, 0) is 13.1 Å². The van der Waals surface area contributed by atoms with E-state index in [0.717, 1.165) is 10.9 Å². The van der Waals surface area contributed by atoms with Gasteiger partial charge in [0.1, 0.15) is 17.9 Å². The van der Waals surface area contributed by atoms with E-state index >= 15 is 0 Å². The third-order valence-corrected chi connectivity index (χ3v) is 3.90. The van der Waals surface area contributed by atoms with E-state index in [1.807, 2.05) is 24.3 Å². The Morgan fingerprint density at radius 1 is 1.15 bits per heavy atom. The minimum Gasteiger partial charge on any atom is -0.467 e. The van der Waals surface area contributed by atoms with E-state index in [0.29, 0.717) is 35.9 Å². The van der Waals surface area contributed by atoms with Gasteiger partial charge >= 0.3 is 0 Å². The first-order valence-electron chi connectivity index (χ1n) is 8.07. The Morgan fingerprint density at radius 2 is 2.12 bits per heavy atom. The number of carbonyl (C=O) groups excluding carboxylic acids is 1. The molecule has 130 valence electrons. The Labute approximate surface area is 148 Å². The van der Waals surface area contributed by atoms with Crippen LogP contribution >= 0.6 is 0 Å². The fourth-order valence-electron chi connectivity index (χ4n) is 2.60. The van der Waals surface area contributed by atoms with Gasteiger partial charge in [-0.1, -0.05) is 12.1 Å². The standard InChI is InChI=1S/C18H16N6O2/c25-18(20-9-14-5-2-6-26-14)13-4-1-3-12(7-13)8-19-16-15-10-23-24-17(15)22-11-21-16/h1-7,10-11H,8-9H2,(H,20,25)(H2,19,21,22,23,24). The van der Waals surface area contributed by atoms with E-state index in [2.05, 4.69) is 30.8 Å². The van der Waals surface area contributed by atoms with Gasteiger partial charge in [-0.15, -0.1) is 0 Å². The van der Waals surface area contributed by atoms with Gasteiger partial charge in [-0.2, -0.15) is 5.10 Å². The Hall–Kier alpha value is -3.68. The number of aromatic amines is 1. The molecule has 3 heterocycles. The summed E-state index contributed by atoms with van der Waals surface area (Å²) in [4.78, 5) is 20.6. The Balaban J connectivity index is 1.42. The second-order valence-electron chi connectivity index (χ2n) is 5.67. The molecule has 0 aliphatic carbocycles. The van der Waals surface area contributed by atoms with Crippen LogP contribution in [0, 0.1) is 0 Å². The maximum Gasteiger partial charge on any atom is 0.251 e. The number of benzene rings is 1. The SMILES string of the molecule is O=C(NCc1ccco1)c1cccc(CNc2ncnc3[nH]ncc23)c1. The number of fused-ring (bicyclic) bond motifs is 1. The fourth-order valence-corrected chi connectivity index (χ4v) is 2.60. The summed E-state index contributed by atoms with van der Waals surface area (Å²) in [5, 5.41) is 13.7. The lowest BCUT2D eigenvalue weighted by Gasteiger charge is -2.08. The zero-order valence-corrected chi connectivity index (χ0v) is 13.8. The Morgan fingerprint density at radius 3 is 3.00 bits per heavy atom. The summed E-state index contributed by atoms with van der Waals surface area (Å²) in [5.41, 5.74) is 2.23. The summed E-state index contributed by atoms with van der Waals surface area (Å²) in [6, 6.07) is 11.0. The molecule has 0 fully saturated rings. The van der Waals surface area contributed by atoms with Gasteiger partial charge in [0, 0.05) is 12.1 Å². The molecule has 0 radical (unpaired) electrons. The van der Waals surface area contributed by atoms with E-state index < -0.39 is 0 Å². The summed E-state index contributed by atoms with van der Waals surface area (Å²) in [6.45, 7) is 0.879. The third kappa shape index (κ3) is 3.39. The number of furan rings is 1. The normalized spacial score (nSPS) is 10.8. The first-order chi connectivity index (χ1) is 12.8. The zero-order chi connectivity index (χ0) is 17.8. The lowest BCUT2D eigenvalue weighted by molar-refractivity contribution is 0.0948. The number of rotatable bonds is 6. The summed E-state index contributed by atoms with van der Waals surface area (Å²) in [6.07, 6.45) is 4.73. The average molecular weight is 348 g/mol. The molecule has 4 rings (SSSR count). The number of amides is 1. The predicted molar refractivity (Wildman–Crippen MR) is 95.3 cm³/mol. The van der Waals surface area contributed by atoms with Gasteiger partial charge in [-0.3, -0.25) is 9.89 Å². The van der Waals surface area contributed by atoms with E-state index in [9.17, 15) is 4.79 Å². The van der Waals surface area contributed by atoms with E-state index in [1.165, 1.54) is 6.33 Å². The molecule has 0 atom stereocenters. The molecule has 8 nitrogen and oxygen atoms in total. The van der Waals surface area contributed by atoms with Crippen LogP contribution in [0.25, 0.3) is 11.0 Å². The topological polar surface area (TPSA) is 109 Å². The van der Waals surface area contributed by atoms with Gasteiger partial charge in [-0.25, -0.2) is 9.97 Å². The van der Waals surface area contributed by atoms with Crippen LogP contribution in [0.4, 0.5) is 5.82 Å². The zero-order valence-electron chi connectivity index (χ0n) is 13.8. The van der Waals surface area contributed by atoms with Crippen LogP contribution in [0.1, 0.15) is 21.7 Å². The van der Waals surface area contributed by atoms with E-state index in [-0.39, 0.29) is 5.91 Å². The lowest BCUT2D eigenvalue weighted by Crippen LogP contribution is -2.22. The number of anilines is 1. The van der Waals surface area contributed by atoms with Gasteiger partial charge in [0.05, 0.1) is 24.4 Å². The molecule has 0 saturated heterocycles. The summed E-state index contributed by atoms with van der Waals surface area (Å²) >= 11 is 0. The minimum absolute atomic E-state index is 0.150. The van der Waals surface area contributed by atoms with Crippen molar-refractivity contribution in [2.75, 3.05) is 5.32 Å². The predicted octanol–water partition coefficient (Wildman–Crippen LogP) is 2.49. The summed E-state index contributed by atoms with van der Waals surface area (Å²) in [7, 11) is 0. The van der Waals surface area contributed by atoms with Crippen LogP contribution in [0.15, 0.2) is 59.6 Å². The van der Waals surface area contributed by atoms with Crippen LogP contribution in [0.2, 0.25) is 0 Å². The number of carbonyl (C=O) groups is 1. The molecule has 0 spiro atoms. The van der Waals surface area contributed by atoms with E-state index in [4.69, 9.17) is 4.42 Å². The number of H-pyrrole nitrogens is 1. The monoisotopic (exact) mass is 348 g/mol. The molecule has 3 aromatic heterocycles. The van der Waals surface area contributed by atoms with Crippen molar-refractivity contribution in [3.63, 3.8) is 0 Å². The van der Waals surface area contributed by atoms with Crippen molar-refractivity contribution in [1.82, 2.24) is 25.5 Å². The van der Waals surface area contributed by atoms with E-state index in [1.54, 1.807) is 24.6 Å². The molecule has 1 amide bonds. The summed E-state index contributed by atoms with van der Waals surface area (Å²) < 4.78 is 5.22. The molecule has 26 heavy (non-hydrogen) atoms. The molecule has 0 aliphatic heterocycles. The highest BCUT2D eigenvalue weighted by Gasteiger charge is 2.08. The van der Waals surface area contributed by atoms with Gasteiger partial charge < -0.3 is 15.1 Å². The van der Waals surface area contributed by atoms with Crippen molar-refractivity contribution in [2.45, 2.75) is 13.1 Å². The number of nitrogens with one attached hydrogen (secondary N) is 3. The highest BCUT2D eigenvalue weighted by Crippen LogP contribution is 2.17. The second-order valence-corrected chi connectivity index (χ2v) is 5.67. The van der Waals surface area contributed by atoms with Crippen LogP contribution < -0.4 is 10.6 Å². The molecule has 0 saturated carbocycles. The van der Waals surface area contributed by atoms with Crippen LogP contribution in [0.3, 0.4) is 0 Å². The lowest BCUT2D eigenvalue weighted by atomic mass is 10.1. The van der Waals surface area contributed by atoms with Crippen LogP contribution in [0.5, 0.6) is 0 Å². The largest absolute Gasteiger partial charge is 0.467 e. The number of hydrogen-bond acceptors (Lipinski definition) is 6. The van der Waals surface area contributed by atoms with Gasteiger partial charge in [0.2, 0.25) is 0 Å². The quantitative estimate of drug-likeness (QED) is 0.494. The smallest absolute Gasteiger partial charge is 0.251 e. The maximum absolute atomic E-state index is 12.3. The van der Waals surface area contributed by atoms with Gasteiger partial charge in [0.25, 0.3) is 5.91 Å². The third-order valence-electron chi connectivity index (χ3n) is 3.90. The maximum atomic E-state index is 12.3. The number of nitrogens with zero attached hydrogens (tertiary/aromatic N) is 3. The molecule has 1 aromatic carbocycles. The molecule has 3 N–H and O–H groups in total. The van der Waals surface area contributed by atoms with Crippen molar-refractivity contribution in [2.24, 2.45) is 0 Å². The molecule has 0 unspecified atom stereocenters. The van der Waals surface area contributed by atoms with Crippen LogP contribution in [-0.4, -0.2) is 26.1 Å². The molecular formula is C18H16N6O2. The Kier molecular flexibility index (Phi) is 4.29. The average Bonchev–Trinajstić information content (AvgIpc) is 3.36. The highest BCUT2D eigenvalue weighted by molar-refractivity contribution is 5.94. The minimum atomic E-state index is -0.150. The molecule has 4 aromatic rings. The second kappa shape index (κ2) is 7.06. The first kappa shape index (κ1) is 15.8. The molecule has 0 bridgehead atoms. The van der Waals surface area contributed by atoms with Gasteiger partial charge in [0.15, 0.2) is 5.65 Å². The van der Waals surface area contributed by atoms with Crippen molar-refractivity contribution >= 4 is 22.8 Å². The number of aromatic nitrogens is 4. The summed E-state index contributed by atoms with van der Waals surface area (Å²) in [5.74, 6) is 1.25. The molecule has 8 heteroatoms.